The highest BCUT2D eigenvalue weighted by Gasteiger charge is 2.33. The van der Waals surface area contributed by atoms with Crippen molar-refractivity contribution in [2.24, 2.45) is 0 Å². The average Bonchev–Trinajstić information content (AvgIpc) is 3.15. The zero-order valence-corrected chi connectivity index (χ0v) is 13.7. The van der Waals surface area contributed by atoms with Crippen molar-refractivity contribution in [1.29, 1.82) is 0 Å². The number of anilines is 1. The second kappa shape index (κ2) is 6.63. The van der Waals surface area contributed by atoms with Crippen LogP contribution in [0.5, 0.6) is 0 Å². The molecule has 7 nitrogen and oxygen atoms in total. The second-order valence-corrected chi connectivity index (χ2v) is 5.59. The molecule has 0 aliphatic rings. The van der Waals surface area contributed by atoms with Gasteiger partial charge in [0.2, 0.25) is 0 Å². The Morgan fingerprint density at radius 2 is 1.93 bits per heavy atom. The van der Waals surface area contributed by atoms with Gasteiger partial charge in [0.15, 0.2) is 17.2 Å². The molecule has 27 heavy (non-hydrogen) atoms. The van der Waals surface area contributed by atoms with Crippen molar-refractivity contribution >= 4 is 11.5 Å². The Hall–Kier alpha value is -3.56. The molecule has 0 aliphatic carbocycles. The smallest absolute Gasteiger partial charge is 0.364 e. The minimum Gasteiger partial charge on any atom is -0.364 e. The SMILES string of the molecule is FC(F)(F)c1cc(NCc2ccnc3ccnn23)nc(-c2cccnc2)n1. The summed E-state index contributed by atoms with van der Waals surface area (Å²) in [7, 11) is 0. The third-order valence-corrected chi connectivity index (χ3v) is 3.76. The van der Waals surface area contributed by atoms with Gasteiger partial charge in [-0.15, -0.1) is 0 Å². The minimum atomic E-state index is -4.59. The van der Waals surface area contributed by atoms with E-state index in [1.807, 2.05) is 0 Å². The number of aromatic nitrogens is 6. The molecule has 0 bridgehead atoms. The molecule has 10 heteroatoms. The number of alkyl halides is 3. The largest absolute Gasteiger partial charge is 0.433 e. The number of pyridine rings is 1. The summed E-state index contributed by atoms with van der Waals surface area (Å²) in [6.07, 6.45) is 1.54. The quantitative estimate of drug-likeness (QED) is 0.593. The summed E-state index contributed by atoms with van der Waals surface area (Å²) in [5, 5.41) is 7.05. The van der Waals surface area contributed by atoms with Gasteiger partial charge in [0.1, 0.15) is 5.82 Å². The van der Waals surface area contributed by atoms with Crippen molar-refractivity contribution < 1.29 is 13.2 Å². The Morgan fingerprint density at radius 1 is 1.04 bits per heavy atom. The summed E-state index contributed by atoms with van der Waals surface area (Å²) in [6, 6.07) is 7.54. The summed E-state index contributed by atoms with van der Waals surface area (Å²) >= 11 is 0. The fourth-order valence-electron chi connectivity index (χ4n) is 2.51. The second-order valence-electron chi connectivity index (χ2n) is 5.59. The van der Waals surface area contributed by atoms with Gasteiger partial charge in [0, 0.05) is 36.3 Å². The van der Waals surface area contributed by atoms with E-state index in [-0.39, 0.29) is 18.2 Å². The number of rotatable bonds is 4. The van der Waals surface area contributed by atoms with Crippen LogP contribution in [0, 0.1) is 0 Å². The van der Waals surface area contributed by atoms with Crippen molar-refractivity contribution in [3.8, 4) is 11.4 Å². The standard InChI is InChI=1S/C17H12F3N7/c18-17(19,20)13-8-14(26-16(25-13)11-2-1-5-21-9-11)23-10-12-3-6-22-15-4-7-24-27(12)15/h1-9H,10H2,(H,23,25,26). The molecule has 0 spiro atoms. The van der Waals surface area contributed by atoms with Crippen LogP contribution in [0.4, 0.5) is 19.0 Å². The molecule has 1 N–H and O–H groups in total. The monoisotopic (exact) mass is 371 g/mol. The summed E-state index contributed by atoms with van der Waals surface area (Å²) in [6.45, 7) is 0.210. The van der Waals surface area contributed by atoms with Gasteiger partial charge in [-0.1, -0.05) is 0 Å². The Morgan fingerprint density at radius 3 is 2.70 bits per heavy atom. The van der Waals surface area contributed by atoms with Gasteiger partial charge in [-0.3, -0.25) is 4.98 Å². The maximum Gasteiger partial charge on any atom is 0.433 e. The molecule has 4 heterocycles. The minimum absolute atomic E-state index is 0.0493. The van der Waals surface area contributed by atoms with E-state index < -0.39 is 11.9 Å². The van der Waals surface area contributed by atoms with E-state index >= 15 is 0 Å². The maximum absolute atomic E-state index is 13.2. The van der Waals surface area contributed by atoms with Crippen molar-refractivity contribution in [1.82, 2.24) is 29.5 Å². The highest BCUT2D eigenvalue weighted by Crippen LogP contribution is 2.30. The topological polar surface area (TPSA) is 80.9 Å². The van der Waals surface area contributed by atoms with E-state index in [2.05, 4.69) is 30.4 Å². The zero-order valence-electron chi connectivity index (χ0n) is 13.7. The Kier molecular flexibility index (Phi) is 4.15. The lowest BCUT2D eigenvalue weighted by Crippen LogP contribution is -2.13. The van der Waals surface area contributed by atoms with Crippen LogP contribution in [-0.4, -0.2) is 29.5 Å². The zero-order chi connectivity index (χ0) is 18.9. The van der Waals surface area contributed by atoms with E-state index in [9.17, 15) is 13.2 Å². The van der Waals surface area contributed by atoms with Gasteiger partial charge >= 0.3 is 6.18 Å². The molecule has 0 radical (unpaired) electrons. The first kappa shape index (κ1) is 16.9. The first-order valence-electron chi connectivity index (χ1n) is 7.89. The lowest BCUT2D eigenvalue weighted by molar-refractivity contribution is -0.141. The van der Waals surface area contributed by atoms with Crippen LogP contribution in [0.2, 0.25) is 0 Å². The van der Waals surface area contributed by atoms with E-state index in [1.165, 1.54) is 12.4 Å². The summed E-state index contributed by atoms with van der Waals surface area (Å²) in [5.74, 6) is -0.00677. The average molecular weight is 371 g/mol. The van der Waals surface area contributed by atoms with Crippen LogP contribution in [0.1, 0.15) is 11.4 Å². The Labute approximate surface area is 151 Å². The molecule has 0 amide bonds. The first-order chi connectivity index (χ1) is 13.0. The Balaban J connectivity index is 1.68. The molecule has 0 fully saturated rings. The number of nitrogens with one attached hydrogen (secondary N) is 1. The molecule has 0 atom stereocenters. The molecule has 4 aromatic heterocycles. The highest BCUT2D eigenvalue weighted by molar-refractivity contribution is 5.56. The number of halogens is 3. The molecule has 0 saturated carbocycles. The van der Waals surface area contributed by atoms with Gasteiger partial charge in [0.05, 0.1) is 18.4 Å². The van der Waals surface area contributed by atoms with Crippen LogP contribution in [0.3, 0.4) is 0 Å². The van der Waals surface area contributed by atoms with Crippen LogP contribution >= 0.6 is 0 Å². The fraction of sp³-hybridized carbons (Fsp3) is 0.118. The molecule has 4 aromatic rings. The fourth-order valence-corrected chi connectivity index (χ4v) is 2.51. The molecular formula is C17H12F3N7. The van der Waals surface area contributed by atoms with Crippen molar-refractivity contribution in [2.45, 2.75) is 12.7 Å². The van der Waals surface area contributed by atoms with Crippen LogP contribution in [0.15, 0.2) is 55.1 Å². The van der Waals surface area contributed by atoms with Crippen LogP contribution in [0.25, 0.3) is 17.0 Å². The van der Waals surface area contributed by atoms with Crippen molar-refractivity contribution in [3.63, 3.8) is 0 Å². The number of fused-ring (bicyclic) bond motifs is 1. The van der Waals surface area contributed by atoms with Crippen molar-refractivity contribution in [2.75, 3.05) is 5.32 Å². The number of nitrogens with zero attached hydrogens (tertiary/aromatic N) is 6. The molecule has 0 aliphatic heterocycles. The lowest BCUT2D eigenvalue weighted by atomic mass is 10.2. The van der Waals surface area contributed by atoms with Gasteiger partial charge in [-0.2, -0.15) is 18.3 Å². The van der Waals surface area contributed by atoms with Gasteiger partial charge in [0.25, 0.3) is 0 Å². The predicted octanol–water partition coefficient (Wildman–Crippen LogP) is 3.21. The molecular weight excluding hydrogens is 359 g/mol. The molecule has 4 rings (SSSR count). The normalized spacial score (nSPS) is 11.7. The summed E-state index contributed by atoms with van der Waals surface area (Å²) in [5.41, 5.74) is 0.729. The third-order valence-electron chi connectivity index (χ3n) is 3.76. The van der Waals surface area contributed by atoms with Crippen LogP contribution < -0.4 is 5.32 Å². The maximum atomic E-state index is 13.2. The van der Waals surface area contributed by atoms with Gasteiger partial charge < -0.3 is 5.32 Å². The highest BCUT2D eigenvalue weighted by atomic mass is 19.4. The van der Waals surface area contributed by atoms with Crippen molar-refractivity contribution in [3.05, 3.63) is 66.5 Å². The predicted molar refractivity (Wildman–Crippen MR) is 90.6 cm³/mol. The Bertz CT molecular complexity index is 1080. The van der Waals surface area contributed by atoms with Gasteiger partial charge in [-0.05, 0) is 18.2 Å². The van der Waals surface area contributed by atoms with E-state index in [1.54, 1.807) is 41.2 Å². The molecule has 0 saturated heterocycles. The van der Waals surface area contributed by atoms with Crippen LogP contribution in [-0.2, 0) is 12.7 Å². The number of hydrogen-bond donors (Lipinski definition) is 1. The van der Waals surface area contributed by atoms with E-state index in [0.717, 1.165) is 11.8 Å². The van der Waals surface area contributed by atoms with Gasteiger partial charge in [-0.25, -0.2) is 19.5 Å². The molecule has 0 aromatic carbocycles. The number of hydrogen-bond acceptors (Lipinski definition) is 6. The first-order valence-corrected chi connectivity index (χ1v) is 7.89. The summed E-state index contributed by atoms with van der Waals surface area (Å²) in [4.78, 5) is 15.9. The summed E-state index contributed by atoms with van der Waals surface area (Å²) < 4.78 is 41.3. The molecule has 136 valence electrons. The third kappa shape index (κ3) is 3.54. The lowest BCUT2D eigenvalue weighted by Gasteiger charge is -2.12. The van der Waals surface area contributed by atoms with E-state index in [4.69, 9.17) is 0 Å². The van der Waals surface area contributed by atoms with E-state index in [0.29, 0.717) is 11.2 Å². The molecule has 0 unspecified atom stereocenters.